The highest BCUT2D eigenvalue weighted by atomic mass is 79.9. The van der Waals surface area contributed by atoms with E-state index in [1.165, 1.54) is 11.8 Å². The molecule has 0 saturated carbocycles. The van der Waals surface area contributed by atoms with E-state index in [9.17, 15) is 4.79 Å². The smallest absolute Gasteiger partial charge is 0.242 e. The summed E-state index contributed by atoms with van der Waals surface area (Å²) >= 11 is 4.77. The Morgan fingerprint density at radius 1 is 1.79 bits per heavy atom. The molecule has 1 atom stereocenters. The molecule has 0 aromatic heterocycles. The molecule has 1 rings (SSSR count). The molecule has 0 aromatic carbocycles. The lowest BCUT2D eigenvalue weighted by Gasteiger charge is -2.07. The van der Waals surface area contributed by atoms with Gasteiger partial charge in [-0.2, -0.15) is 0 Å². The van der Waals surface area contributed by atoms with Crippen molar-refractivity contribution in [1.29, 1.82) is 0 Å². The SMILES string of the molecule is C=CC1=C(C(=C)Br)SC[C@H](N)C(=O)N1. The van der Waals surface area contributed by atoms with Gasteiger partial charge in [0.05, 0.1) is 11.7 Å². The molecule has 5 heteroatoms. The molecular weight excluding hydrogens is 264 g/mol. The number of rotatable bonds is 2. The van der Waals surface area contributed by atoms with Crippen molar-refractivity contribution in [3.63, 3.8) is 0 Å². The molecule has 0 saturated heterocycles. The zero-order valence-corrected chi connectivity index (χ0v) is 9.95. The lowest BCUT2D eigenvalue weighted by atomic mass is 10.3. The van der Waals surface area contributed by atoms with Gasteiger partial charge in [-0.05, 0) is 6.08 Å². The highest BCUT2D eigenvalue weighted by Gasteiger charge is 2.21. The van der Waals surface area contributed by atoms with Crippen molar-refractivity contribution in [1.82, 2.24) is 5.32 Å². The number of carbonyl (C=O) groups excluding carboxylic acids is 1. The van der Waals surface area contributed by atoms with Gasteiger partial charge in [0.25, 0.3) is 0 Å². The fourth-order valence-corrected chi connectivity index (χ4v) is 2.48. The maximum Gasteiger partial charge on any atom is 0.242 e. The molecule has 3 N–H and O–H groups in total. The number of hydrogen-bond donors (Lipinski definition) is 2. The van der Waals surface area contributed by atoms with Crippen molar-refractivity contribution >= 4 is 33.6 Å². The number of carbonyl (C=O) groups is 1. The van der Waals surface area contributed by atoms with E-state index in [0.717, 1.165) is 9.39 Å². The van der Waals surface area contributed by atoms with E-state index in [-0.39, 0.29) is 5.91 Å². The van der Waals surface area contributed by atoms with Crippen LogP contribution in [0.5, 0.6) is 0 Å². The Morgan fingerprint density at radius 2 is 2.43 bits per heavy atom. The molecule has 14 heavy (non-hydrogen) atoms. The fourth-order valence-electron chi connectivity index (χ4n) is 0.977. The average molecular weight is 275 g/mol. The molecule has 76 valence electrons. The standard InChI is InChI=1S/C9H11BrN2OS/c1-3-7-8(5(2)10)14-4-6(11)9(13)12-7/h3,6H,1-2,4,11H2,(H,12,13)/t6-/m0/s1. The van der Waals surface area contributed by atoms with Crippen molar-refractivity contribution in [3.05, 3.63) is 34.3 Å². The summed E-state index contributed by atoms with van der Waals surface area (Å²) in [4.78, 5) is 12.3. The maximum absolute atomic E-state index is 11.4. The highest BCUT2D eigenvalue weighted by Crippen LogP contribution is 2.31. The Hall–Kier alpha value is -0.520. The molecule has 1 aliphatic rings. The Labute approximate surface area is 95.6 Å². The first-order valence-electron chi connectivity index (χ1n) is 3.97. The number of allylic oxidation sites excluding steroid dienone is 2. The van der Waals surface area contributed by atoms with Crippen LogP contribution in [0.25, 0.3) is 0 Å². The van der Waals surface area contributed by atoms with Crippen LogP contribution in [0.4, 0.5) is 0 Å². The van der Waals surface area contributed by atoms with Gasteiger partial charge in [-0.25, -0.2) is 0 Å². The van der Waals surface area contributed by atoms with Crippen LogP contribution in [0, 0.1) is 0 Å². The van der Waals surface area contributed by atoms with Crippen LogP contribution in [0.3, 0.4) is 0 Å². The van der Waals surface area contributed by atoms with Gasteiger partial charge in [-0.3, -0.25) is 4.79 Å². The molecule has 3 nitrogen and oxygen atoms in total. The molecule has 0 aliphatic carbocycles. The Balaban J connectivity index is 3.02. The molecule has 0 radical (unpaired) electrons. The monoisotopic (exact) mass is 274 g/mol. The molecule has 0 fully saturated rings. The molecule has 1 heterocycles. The first kappa shape index (κ1) is 11.6. The van der Waals surface area contributed by atoms with Crippen LogP contribution in [0.15, 0.2) is 34.3 Å². The molecule has 0 spiro atoms. The lowest BCUT2D eigenvalue weighted by molar-refractivity contribution is -0.121. The van der Waals surface area contributed by atoms with Gasteiger partial charge in [0.2, 0.25) is 5.91 Å². The average Bonchev–Trinajstić information content (AvgIpc) is 2.27. The molecular formula is C9H11BrN2OS. The number of hydrogen-bond acceptors (Lipinski definition) is 3. The van der Waals surface area contributed by atoms with Gasteiger partial charge >= 0.3 is 0 Å². The number of nitrogens with two attached hydrogens (primary N) is 1. The van der Waals surface area contributed by atoms with Crippen LogP contribution < -0.4 is 11.1 Å². The van der Waals surface area contributed by atoms with Gasteiger partial charge in [-0.1, -0.05) is 29.1 Å². The van der Waals surface area contributed by atoms with Crippen molar-refractivity contribution in [2.75, 3.05) is 5.75 Å². The van der Waals surface area contributed by atoms with Crippen LogP contribution in [0.1, 0.15) is 0 Å². The number of nitrogens with one attached hydrogen (secondary N) is 1. The first-order valence-corrected chi connectivity index (χ1v) is 5.75. The molecule has 1 amide bonds. The number of amides is 1. The summed E-state index contributed by atoms with van der Waals surface area (Å²) in [5, 5.41) is 2.70. The predicted octanol–water partition coefficient (Wildman–Crippen LogP) is 1.48. The van der Waals surface area contributed by atoms with E-state index >= 15 is 0 Å². The topological polar surface area (TPSA) is 55.1 Å². The molecule has 0 aromatic rings. The minimum Gasteiger partial charge on any atom is -0.324 e. The summed E-state index contributed by atoms with van der Waals surface area (Å²) in [6, 6.07) is -0.487. The van der Waals surface area contributed by atoms with E-state index < -0.39 is 6.04 Å². The van der Waals surface area contributed by atoms with Gasteiger partial charge in [-0.15, -0.1) is 11.8 Å². The van der Waals surface area contributed by atoms with Crippen LogP contribution in [0.2, 0.25) is 0 Å². The second kappa shape index (κ2) is 4.82. The largest absolute Gasteiger partial charge is 0.324 e. The van der Waals surface area contributed by atoms with Gasteiger partial charge in [0.1, 0.15) is 0 Å². The zero-order valence-electron chi connectivity index (χ0n) is 7.55. The van der Waals surface area contributed by atoms with Crippen molar-refractivity contribution in [2.45, 2.75) is 6.04 Å². The summed E-state index contributed by atoms with van der Waals surface area (Å²) in [6.45, 7) is 7.40. The molecule has 1 aliphatic heterocycles. The first-order chi connectivity index (χ1) is 6.56. The third-order valence-electron chi connectivity index (χ3n) is 1.70. The highest BCUT2D eigenvalue weighted by molar-refractivity contribution is 9.12. The summed E-state index contributed by atoms with van der Waals surface area (Å²) < 4.78 is 0.729. The summed E-state index contributed by atoms with van der Waals surface area (Å²) in [6.07, 6.45) is 1.59. The van der Waals surface area contributed by atoms with E-state index in [4.69, 9.17) is 5.73 Å². The normalized spacial score (nSPS) is 22.7. The van der Waals surface area contributed by atoms with E-state index in [2.05, 4.69) is 34.4 Å². The van der Waals surface area contributed by atoms with Crippen molar-refractivity contribution < 1.29 is 4.79 Å². The third kappa shape index (κ3) is 2.50. The Morgan fingerprint density at radius 3 is 2.93 bits per heavy atom. The number of halogens is 1. The predicted molar refractivity (Wildman–Crippen MR) is 63.9 cm³/mol. The van der Waals surface area contributed by atoms with Crippen LogP contribution >= 0.6 is 27.7 Å². The summed E-state index contributed by atoms with van der Waals surface area (Å²) in [5.41, 5.74) is 6.28. The number of thioether (sulfide) groups is 1. The third-order valence-corrected chi connectivity index (χ3v) is 3.64. The zero-order chi connectivity index (χ0) is 10.7. The second-order valence-corrected chi connectivity index (χ2v) is 4.75. The van der Waals surface area contributed by atoms with Crippen molar-refractivity contribution in [2.24, 2.45) is 5.73 Å². The van der Waals surface area contributed by atoms with Crippen LogP contribution in [-0.2, 0) is 4.79 Å². The van der Waals surface area contributed by atoms with E-state index in [1.54, 1.807) is 6.08 Å². The van der Waals surface area contributed by atoms with Gasteiger partial charge in [0.15, 0.2) is 0 Å². The van der Waals surface area contributed by atoms with E-state index in [1.807, 2.05) is 0 Å². The van der Waals surface area contributed by atoms with Gasteiger partial charge < -0.3 is 11.1 Å². The minimum absolute atomic E-state index is 0.184. The Kier molecular flexibility index (Phi) is 3.97. The Bertz CT molecular complexity index is 325. The van der Waals surface area contributed by atoms with Gasteiger partial charge in [0, 0.05) is 15.1 Å². The minimum atomic E-state index is -0.487. The van der Waals surface area contributed by atoms with Crippen molar-refractivity contribution in [3.8, 4) is 0 Å². The maximum atomic E-state index is 11.4. The quantitative estimate of drug-likeness (QED) is 0.802. The van der Waals surface area contributed by atoms with Crippen LogP contribution in [-0.4, -0.2) is 17.7 Å². The molecule has 0 unspecified atom stereocenters. The summed E-state index contributed by atoms with van der Waals surface area (Å²) in [5.74, 6) is 0.361. The second-order valence-electron chi connectivity index (χ2n) is 2.76. The molecule has 0 bridgehead atoms. The lowest BCUT2D eigenvalue weighted by Crippen LogP contribution is -2.40. The fraction of sp³-hybridized carbons (Fsp3) is 0.222. The van der Waals surface area contributed by atoms with E-state index in [0.29, 0.717) is 11.4 Å². The summed E-state index contributed by atoms with van der Waals surface area (Å²) in [7, 11) is 0.